The molecule has 1 N–H and O–H groups in total. The number of hydrogen-bond donors (Lipinski definition) is 1. The molecule has 0 aliphatic rings. The van der Waals surface area contributed by atoms with Crippen LogP contribution in [0.5, 0.6) is 5.75 Å². The van der Waals surface area contributed by atoms with Crippen molar-refractivity contribution < 1.29 is 4.74 Å². The Kier molecular flexibility index (Phi) is 6.56. The molecule has 0 bridgehead atoms. The average Bonchev–Trinajstić information content (AvgIpc) is 2.79. The normalized spacial score (nSPS) is 12.4. The van der Waals surface area contributed by atoms with E-state index in [2.05, 4.69) is 56.2 Å². The first-order chi connectivity index (χ1) is 10.1. The molecule has 114 valence electrons. The van der Waals surface area contributed by atoms with Crippen molar-refractivity contribution in [2.45, 2.75) is 19.4 Å². The number of methoxy groups -OCH3 is 1. The van der Waals surface area contributed by atoms with Crippen LogP contribution in [0.25, 0.3) is 0 Å². The summed E-state index contributed by atoms with van der Waals surface area (Å²) in [5.41, 5.74) is 1.18. The summed E-state index contributed by atoms with van der Waals surface area (Å²) >= 11 is 14.9. The fraction of sp³-hybridized carbons (Fsp3) is 0.333. The molecule has 2 rings (SSSR count). The molecule has 1 atom stereocenters. The zero-order chi connectivity index (χ0) is 15.4. The lowest BCUT2D eigenvalue weighted by atomic mass is 10.0. The summed E-state index contributed by atoms with van der Waals surface area (Å²) in [4.78, 5) is 1.19. The molecule has 0 saturated carbocycles. The molecule has 1 aromatic carbocycles. The van der Waals surface area contributed by atoms with Crippen molar-refractivity contribution in [3.8, 4) is 5.75 Å². The molecule has 0 aliphatic carbocycles. The first-order valence-electron chi connectivity index (χ1n) is 6.58. The van der Waals surface area contributed by atoms with E-state index in [0.717, 1.165) is 32.0 Å². The van der Waals surface area contributed by atoms with Gasteiger partial charge in [0.1, 0.15) is 5.75 Å². The van der Waals surface area contributed by atoms with Crippen molar-refractivity contribution in [1.82, 2.24) is 5.32 Å². The van der Waals surface area contributed by atoms with Crippen LogP contribution < -0.4 is 10.1 Å². The highest BCUT2D eigenvalue weighted by Crippen LogP contribution is 2.38. The minimum absolute atomic E-state index is 0.126. The lowest BCUT2D eigenvalue weighted by Gasteiger charge is -2.18. The fourth-order valence-corrected chi connectivity index (χ4v) is 4.45. The second-order valence-corrected chi connectivity index (χ2v) is 8.21. The van der Waals surface area contributed by atoms with E-state index in [0.29, 0.717) is 0 Å². The van der Waals surface area contributed by atoms with Crippen LogP contribution in [-0.4, -0.2) is 13.7 Å². The highest BCUT2D eigenvalue weighted by molar-refractivity contribution is 9.11. The van der Waals surface area contributed by atoms with Crippen LogP contribution in [0.4, 0.5) is 0 Å². The van der Waals surface area contributed by atoms with Gasteiger partial charge in [-0.25, -0.2) is 0 Å². The number of nitrogens with one attached hydrogen (secondary N) is 1. The maximum atomic E-state index is 6.18. The predicted octanol–water partition coefficient (Wildman–Crippen LogP) is 6.02. The lowest BCUT2D eigenvalue weighted by Crippen LogP contribution is -2.22. The highest BCUT2D eigenvalue weighted by atomic mass is 79.9. The van der Waals surface area contributed by atoms with Gasteiger partial charge in [0, 0.05) is 4.88 Å². The van der Waals surface area contributed by atoms with Crippen molar-refractivity contribution in [1.29, 1.82) is 0 Å². The maximum Gasteiger partial charge on any atom is 0.133 e. The van der Waals surface area contributed by atoms with E-state index in [9.17, 15) is 0 Å². The third-order valence-corrected chi connectivity index (χ3v) is 6.22. The van der Waals surface area contributed by atoms with Crippen LogP contribution in [0.3, 0.4) is 0 Å². The first-order valence-corrected chi connectivity index (χ1v) is 9.36. The first kappa shape index (κ1) is 17.3. The molecular formula is C15H16Br2ClNOS. The van der Waals surface area contributed by atoms with Gasteiger partial charge in [-0.1, -0.05) is 24.6 Å². The topological polar surface area (TPSA) is 21.3 Å². The summed E-state index contributed by atoms with van der Waals surface area (Å²) in [5, 5.41) is 4.33. The molecular weight excluding hydrogens is 437 g/mol. The molecule has 6 heteroatoms. The summed E-state index contributed by atoms with van der Waals surface area (Å²) < 4.78 is 7.22. The second kappa shape index (κ2) is 7.97. The Bertz CT molecular complexity index is 598. The smallest absolute Gasteiger partial charge is 0.133 e. The highest BCUT2D eigenvalue weighted by Gasteiger charge is 2.18. The van der Waals surface area contributed by atoms with Crippen molar-refractivity contribution in [3.05, 3.63) is 48.0 Å². The van der Waals surface area contributed by atoms with Crippen molar-refractivity contribution >= 4 is 54.8 Å². The molecule has 2 nitrogen and oxygen atoms in total. The summed E-state index contributed by atoms with van der Waals surface area (Å²) in [6.07, 6.45) is 1.08. The number of halogens is 3. The van der Waals surface area contributed by atoms with E-state index < -0.39 is 0 Å². The molecule has 21 heavy (non-hydrogen) atoms. The Balaban J connectivity index is 2.37. The summed E-state index contributed by atoms with van der Waals surface area (Å²) in [6.45, 7) is 3.10. The SMILES string of the molecule is CCCNC(c1ccc(OC)c(Br)c1)c1cc(Cl)c(Br)s1. The molecule has 0 fully saturated rings. The van der Waals surface area contributed by atoms with E-state index in [1.807, 2.05) is 12.1 Å². The van der Waals surface area contributed by atoms with E-state index in [1.54, 1.807) is 18.4 Å². The molecule has 1 unspecified atom stereocenters. The van der Waals surface area contributed by atoms with Crippen LogP contribution >= 0.6 is 54.8 Å². The number of hydrogen-bond acceptors (Lipinski definition) is 3. The Labute approximate surface area is 151 Å². The van der Waals surface area contributed by atoms with Gasteiger partial charge in [-0.05, 0) is 68.6 Å². The maximum absolute atomic E-state index is 6.18. The molecule has 1 aromatic heterocycles. The van der Waals surface area contributed by atoms with Gasteiger partial charge in [-0.3, -0.25) is 0 Å². The Hall–Kier alpha value is -0.0700. The molecule has 2 aromatic rings. The van der Waals surface area contributed by atoms with E-state index >= 15 is 0 Å². The Morgan fingerprint density at radius 1 is 1.33 bits per heavy atom. The van der Waals surface area contributed by atoms with Crippen LogP contribution in [-0.2, 0) is 0 Å². The minimum Gasteiger partial charge on any atom is -0.496 e. The van der Waals surface area contributed by atoms with Gasteiger partial charge in [0.05, 0.1) is 26.4 Å². The molecule has 0 saturated heterocycles. The van der Waals surface area contributed by atoms with E-state index in [1.165, 1.54) is 10.4 Å². The third-order valence-electron chi connectivity index (χ3n) is 3.06. The molecule has 0 radical (unpaired) electrons. The zero-order valence-corrected chi connectivity index (χ0v) is 16.5. The monoisotopic (exact) mass is 451 g/mol. The second-order valence-electron chi connectivity index (χ2n) is 4.55. The average molecular weight is 454 g/mol. The number of ether oxygens (including phenoxy) is 1. The van der Waals surface area contributed by atoms with Gasteiger partial charge in [0.25, 0.3) is 0 Å². The summed E-state index contributed by atoms with van der Waals surface area (Å²) in [5.74, 6) is 0.832. The Morgan fingerprint density at radius 2 is 2.10 bits per heavy atom. The standard InChI is InChI=1S/C15H16Br2ClNOS/c1-3-6-19-14(13-8-11(18)15(17)21-13)9-4-5-12(20-2)10(16)7-9/h4-5,7-8,14,19H,3,6H2,1-2H3. The number of rotatable bonds is 6. The van der Waals surface area contributed by atoms with E-state index in [-0.39, 0.29) is 6.04 Å². The van der Waals surface area contributed by atoms with Crippen LogP contribution in [0.2, 0.25) is 5.02 Å². The van der Waals surface area contributed by atoms with Crippen LogP contribution in [0.15, 0.2) is 32.5 Å². The zero-order valence-electron chi connectivity index (χ0n) is 11.8. The van der Waals surface area contributed by atoms with Gasteiger partial charge >= 0.3 is 0 Å². The summed E-state index contributed by atoms with van der Waals surface area (Å²) in [7, 11) is 1.67. The molecule has 0 spiro atoms. The largest absolute Gasteiger partial charge is 0.496 e. The van der Waals surface area contributed by atoms with E-state index in [4.69, 9.17) is 16.3 Å². The van der Waals surface area contributed by atoms with Gasteiger partial charge in [-0.15, -0.1) is 11.3 Å². The van der Waals surface area contributed by atoms with Crippen molar-refractivity contribution in [3.63, 3.8) is 0 Å². The molecule has 0 amide bonds. The summed E-state index contributed by atoms with van der Waals surface area (Å²) in [6, 6.07) is 8.29. The molecule has 0 aliphatic heterocycles. The van der Waals surface area contributed by atoms with Crippen molar-refractivity contribution in [2.75, 3.05) is 13.7 Å². The minimum atomic E-state index is 0.126. The number of thiophene rings is 1. The van der Waals surface area contributed by atoms with Gasteiger partial charge in [0.15, 0.2) is 0 Å². The predicted molar refractivity (Wildman–Crippen MR) is 97.9 cm³/mol. The van der Waals surface area contributed by atoms with Crippen LogP contribution in [0, 0.1) is 0 Å². The van der Waals surface area contributed by atoms with Gasteiger partial charge in [-0.2, -0.15) is 0 Å². The van der Waals surface area contributed by atoms with Gasteiger partial charge < -0.3 is 10.1 Å². The van der Waals surface area contributed by atoms with Crippen LogP contribution in [0.1, 0.15) is 29.8 Å². The van der Waals surface area contributed by atoms with Crippen molar-refractivity contribution in [2.24, 2.45) is 0 Å². The fourth-order valence-electron chi connectivity index (χ4n) is 2.04. The third kappa shape index (κ3) is 4.23. The quantitative estimate of drug-likeness (QED) is 0.577. The molecule has 1 heterocycles. The Morgan fingerprint density at radius 3 is 2.62 bits per heavy atom. The lowest BCUT2D eigenvalue weighted by molar-refractivity contribution is 0.411. The van der Waals surface area contributed by atoms with Gasteiger partial charge in [0.2, 0.25) is 0 Å². The number of benzene rings is 1.